The fraction of sp³-hybridized carbons (Fsp3) is 0.619. The number of aryl methyl sites for hydroxylation is 1. The quantitative estimate of drug-likeness (QED) is 0.840. The minimum Gasteiger partial charge on any atom is -0.347 e. The number of benzene rings is 1. The second-order valence-corrected chi connectivity index (χ2v) is 6.43. The van der Waals surface area contributed by atoms with E-state index in [9.17, 15) is 0 Å². The number of hydrogen-bond donors (Lipinski definition) is 1. The van der Waals surface area contributed by atoms with Crippen LogP contribution in [0.25, 0.3) is 10.9 Å². The summed E-state index contributed by atoms with van der Waals surface area (Å²) in [7, 11) is 2.20. The molecule has 0 amide bonds. The van der Waals surface area contributed by atoms with Crippen LogP contribution in [-0.4, -0.2) is 35.6 Å². The van der Waals surface area contributed by atoms with Crippen LogP contribution in [0.2, 0.25) is 0 Å². The topological polar surface area (TPSA) is 20.2 Å². The predicted molar refractivity (Wildman–Crippen MR) is 106 cm³/mol. The van der Waals surface area contributed by atoms with Crippen LogP contribution in [0, 0.1) is 0 Å². The summed E-state index contributed by atoms with van der Waals surface area (Å²) in [5.74, 6) is 0. The number of para-hydroxylation sites is 1. The number of fused-ring (bicyclic) bond motifs is 3. The third-order valence-electron chi connectivity index (χ3n) is 5.04. The van der Waals surface area contributed by atoms with E-state index in [1.807, 2.05) is 13.8 Å². The Balaban J connectivity index is 0.000000219. The summed E-state index contributed by atoms with van der Waals surface area (Å²) in [4.78, 5) is 2.52. The second-order valence-electron chi connectivity index (χ2n) is 6.43. The summed E-state index contributed by atoms with van der Waals surface area (Å²) < 4.78 is 2.37. The first kappa shape index (κ1) is 19.0. The molecule has 1 saturated heterocycles. The molecule has 1 aromatic heterocycles. The molecule has 3 heteroatoms. The van der Waals surface area contributed by atoms with Gasteiger partial charge in [0.15, 0.2) is 0 Å². The summed E-state index contributed by atoms with van der Waals surface area (Å²) in [6, 6.07) is 8.76. The van der Waals surface area contributed by atoms with Gasteiger partial charge in [0, 0.05) is 43.2 Å². The number of likely N-dealkylation sites (N-methyl/N-ethyl adjacent to an activating group) is 1. The van der Waals surface area contributed by atoms with Crippen LogP contribution in [-0.2, 0) is 20.0 Å². The lowest BCUT2D eigenvalue weighted by Crippen LogP contribution is -2.30. The number of nitrogens with zero attached hydrogens (tertiary/aromatic N) is 2. The Morgan fingerprint density at radius 3 is 2.33 bits per heavy atom. The van der Waals surface area contributed by atoms with Gasteiger partial charge in [0.1, 0.15) is 0 Å². The zero-order chi connectivity index (χ0) is 17.4. The predicted octanol–water partition coefficient (Wildman–Crippen LogP) is 4.34. The summed E-state index contributed by atoms with van der Waals surface area (Å²) >= 11 is 0. The van der Waals surface area contributed by atoms with Crippen LogP contribution in [0.15, 0.2) is 24.3 Å². The molecule has 0 aliphatic carbocycles. The highest BCUT2D eigenvalue weighted by molar-refractivity contribution is 5.85. The van der Waals surface area contributed by atoms with Gasteiger partial charge in [-0.3, -0.25) is 4.90 Å². The smallest absolute Gasteiger partial charge is 0.0483 e. The molecule has 2 aliphatic heterocycles. The monoisotopic (exact) mass is 329 g/mol. The first-order valence-electron chi connectivity index (χ1n) is 9.79. The maximum atomic E-state index is 3.28. The summed E-state index contributed by atoms with van der Waals surface area (Å²) in [6.07, 6.45) is 5.40. The highest BCUT2D eigenvalue weighted by Crippen LogP contribution is 2.29. The van der Waals surface area contributed by atoms with Gasteiger partial charge < -0.3 is 9.88 Å². The molecule has 0 unspecified atom stereocenters. The Hall–Kier alpha value is -1.32. The van der Waals surface area contributed by atoms with E-state index in [1.54, 1.807) is 5.56 Å². The van der Waals surface area contributed by atoms with Crippen LogP contribution in [0.1, 0.15) is 51.3 Å². The Labute approximate surface area is 148 Å². The van der Waals surface area contributed by atoms with E-state index >= 15 is 0 Å². The summed E-state index contributed by atoms with van der Waals surface area (Å²) in [5, 5.41) is 4.73. The van der Waals surface area contributed by atoms with E-state index in [2.05, 4.69) is 53.0 Å². The standard InChI is InChI=1S/C14H18N2.C5H11N.C2H6/c1-3-16-9-8-14-12(10-16)11-6-4-5-7-13(11)15(14)2;1-2-4-6-5-3-1;1-2/h4-7H,3,8-10H2,1-2H3;6H,1-5H2;1-2H3. The van der Waals surface area contributed by atoms with Crippen molar-refractivity contribution in [2.45, 2.75) is 53.0 Å². The van der Waals surface area contributed by atoms with Gasteiger partial charge in [-0.25, -0.2) is 0 Å². The van der Waals surface area contributed by atoms with Crippen molar-refractivity contribution in [2.24, 2.45) is 7.05 Å². The van der Waals surface area contributed by atoms with E-state index < -0.39 is 0 Å². The normalized spacial score (nSPS) is 17.3. The van der Waals surface area contributed by atoms with Crippen molar-refractivity contribution in [1.29, 1.82) is 0 Å². The first-order valence-corrected chi connectivity index (χ1v) is 9.79. The SMILES string of the molecule is C1CCNCC1.CC.CCN1CCc2c(c3ccccc3n2C)C1. The van der Waals surface area contributed by atoms with E-state index in [1.165, 1.54) is 61.9 Å². The van der Waals surface area contributed by atoms with Gasteiger partial charge >= 0.3 is 0 Å². The number of aromatic nitrogens is 1. The molecule has 0 atom stereocenters. The maximum Gasteiger partial charge on any atom is 0.0483 e. The highest BCUT2D eigenvalue weighted by atomic mass is 15.1. The van der Waals surface area contributed by atoms with E-state index in [-0.39, 0.29) is 0 Å². The molecule has 0 radical (unpaired) electrons. The zero-order valence-electron chi connectivity index (χ0n) is 16.1. The fourth-order valence-corrected chi connectivity index (χ4v) is 3.66. The molecule has 4 rings (SSSR count). The average molecular weight is 330 g/mol. The van der Waals surface area contributed by atoms with Gasteiger partial charge in [0.25, 0.3) is 0 Å². The Morgan fingerprint density at radius 2 is 1.75 bits per heavy atom. The number of nitrogens with one attached hydrogen (secondary N) is 1. The summed E-state index contributed by atoms with van der Waals surface area (Å²) in [5.41, 5.74) is 4.46. The third-order valence-corrected chi connectivity index (χ3v) is 5.04. The molecular formula is C21H35N3. The lowest BCUT2D eigenvalue weighted by Gasteiger charge is -2.26. The van der Waals surface area contributed by atoms with E-state index in [4.69, 9.17) is 0 Å². The van der Waals surface area contributed by atoms with Crippen LogP contribution >= 0.6 is 0 Å². The minimum atomic E-state index is 1.12. The lowest BCUT2D eigenvalue weighted by molar-refractivity contribution is 0.266. The van der Waals surface area contributed by atoms with Crippen molar-refractivity contribution < 1.29 is 0 Å². The molecule has 1 N–H and O–H groups in total. The van der Waals surface area contributed by atoms with E-state index in [0.717, 1.165) is 13.1 Å². The van der Waals surface area contributed by atoms with Gasteiger partial charge in [-0.05, 0) is 44.1 Å². The molecule has 134 valence electrons. The molecule has 3 nitrogen and oxygen atoms in total. The molecule has 2 aromatic rings. The molecule has 3 heterocycles. The van der Waals surface area contributed by atoms with Gasteiger partial charge in [-0.1, -0.05) is 45.4 Å². The molecule has 0 saturated carbocycles. The third kappa shape index (κ3) is 4.40. The average Bonchev–Trinajstić information content (AvgIpc) is 2.97. The summed E-state index contributed by atoms with van der Waals surface area (Å²) in [6.45, 7) is 12.2. The number of piperidine rings is 1. The molecule has 2 aliphatic rings. The van der Waals surface area contributed by atoms with Crippen molar-refractivity contribution >= 4 is 10.9 Å². The molecule has 24 heavy (non-hydrogen) atoms. The van der Waals surface area contributed by atoms with Crippen molar-refractivity contribution in [3.8, 4) is 0 Å². The molecular weight excluding hydrogens is 294 g/mol. The molecule has 0 spiro atoms. The Bertz CT molecular complexity index is 599. The highest BCUT2D eigenvalue weighted by Gasteiger charge is 2.21. The molecule has 1 aromatic carbocycles. The maximum absolute atomic E-state index is 3.28. The van der Waals surface area contributed by atoms with Crippen molar-refractivity contribution in [1.82, 2.24) is 14.8 Å². The van der Waals surface area contributed by atoms with Crippen LogP contribution < -0.4 is 5.32 Å². The Kier molecular flexibility index (Phi) is 7.80. The van der Waals surface area contributed by atoms with Crippen LogP contribution in [0.4, 0.5) is 0 Å². The van der Waals surface area contributed by atoms with Gasteiger partial charge in [-0.15, -0.1) is 0 Å². The van der Waals surface area contributed by atoms with Crippen LogP contribution in [0.3, 0.4) is 0 Å². The molecule has 1 fully saturated rings. The van der Waals surface area contributed by atoms with Crippen molar-refractivity contribution in [2.75, 3.05) is 26.2 Å². The van der Waals surface area contributed by atoms with Gasteiger partial charge in [0.05, 0.1) is 0 Å². The fourth-order valence-electron chi connectivity index (χ4n) is 3.66. The van der Waals surface area contributed by atoms with Gasteiger partial charge in [-0.2, -0.15) is 0 Å². The van der Waals surface area contributed by atoms with Gasteiger partial charge in [0.2, 0.25) is 0 Å². The van der Waals surface area contributed by atoms with Crippen molar-refractivity contribution in [3.63, 3.8) is 0 Å². The second kappa shape index (κ2) is 9.85. The zero-order valence-corrected chi connectivity index (χ0v) is 16.1. The molecule has 0 bridgehead atoms. The van der Waals surface area contributed by atoms with Crippen LogP contribution in [0.5, 0.6) is 0 Å². The van der Waals surface area contributed by atoms with E-state index in [0.29, 0.717) is 0 Å². The number of hydrogen-bond acceptors (Lipinski definition) is 2. The number of rotatable bonds is 1. The first-order chi connectivity index (χ1) is 11.8. The minimum absolute atomic E-state index is 1.12. The largest absolute Gasteiger partial charge is 0.347 e. The lowest BCUT2D eigenvalue weighted by atomic mass is 10.0. The Morgan fingerprint density at radius 1 is 1.04 bits per heavy atom. The van der Waals surface area contributed by atoms with Crippen molar-refractivity contribution in [3.05, 3.63) is 35.5 Å².